The number of carbonyl (C=O) groups is 2. The second kappa shape index (κ2) is 45.0. The van der Waals surface area contributed by atoms with Gasteiger partial charge in [0.25, 0.3) is 7.82 Å². The van der Waals surface area contributed by atoms with Gasteiger partial charge < -0.3 is 33.0 Å². The average Bonchev–Trinajstić information content (AvgIpc) is 3.26. The van der Waals surface area contributed by atoms with Crippen LogP contribution in [0.1, 0.15) is 187 Å². The lowest BCUT2D eigenvalue weighted by Gasteiger charge is -2.28. The summed E-state index contributed by atoms with van der Waals surface area (Å²) in [7, 11) is 1.05. The molecule has 10 nitrogen and oxygen atoms in total. The number of allylic oxidation sites excluding steroid dienone is 12. The van der Waals surface area contributed by atoms with Gasteiger partial charge in [-0.05, 0) is 70.6 Å². The zero-order valence-electron chi connectivity index (χ0n) is 41.8. The molecule has 2 unspecified atom stereocenters. The highest BCUT2D eigenvalue weighted by Gasteiger charge is 2.21. The Morgan fingerprint density at radius 2 is 1.11 bits per heavy atom. The molecule has 0 fully saturated rings. The van der Waals surface area contributed by atoms with Crippen LogP contribution in [0.3, 0.4) is 0 Å². The number of likely N-dealkylation sites (N-methyl/N-ethyl adjacent to an activating group) is 1. The van der Waals surface area contributed by atoms with Gasteiger partial charge in [0.1, 0.15) is 19.8 Å². The van der Waals surface area contributed by atoms with Crippen molar-refractivity contribution in [1.29, 1.82) is 0 Å². The zero-order chi connectivity index (χ0) is 48.0. The highest BCUT2D eigenvalue weighted by Crippen LogP contribution is 2.38. The number of aliphatic hydroxyl groups is 1. The van der Waals surface area contributed by atoms with Crippen LogP contribution < -0.4 is 4.89 Å². The first-order chi connectivity index (χ1) is 31.4. The van der Waals surface area contributed by atoms with Gasteiger partial charge >= 0.3 is 11.9 Å². The van der Waals surface area contributed by atoms with Crippen molar-refractivity contribution in [2.45, 2.75) is 199 Å². The van der Waals surface area contributed by atoms with E-state index in [1.165, 1.54) is 96.3 Å². The van der Waals surface area contributed by atoms with E-state index in [0.717, 1.165) is 44.9 Å². The van der Waals surface area contributed by atoms with Crippen molar-refractivity contribution in [3.63, 3.8) is 0 Å². The Morgan fingerprint density at radius 1 is 0.585 bits per heavy atom. The van der Waals surface area contributed by atoms with Gasteiger partial charge in [-0.2, -0.15) is 0 Å². The Morgan fingerprint density at radius 3 is 1.68 bits per heavy atom. The number of esters is 2. The lowest BCUT2D eigenvalue weighted by atomic mass is 10.0. The maximum Gasteiger partial charge on any atom is 0.306 e. The molecule has 0 aromatic rings. The van der Waals surface area contributed by atoms with Gasteiger partial charge in [0.05, 0.1) is 33.9 Å². The lowest BCUT2D eigenvalue weighted by Crippen LogP contribution is -2.37. The highest BCUT2D eigenvalue weighted by molar-refractivity contribution is 7.45. The van der Waals surface area contributed by atoms with Crippen molar-refractivity contribution in [2.75, 3.05) is 47.5 Å². The van der Waals surface area contributed by atoms with Crippen LogP contribution in [0.5, 0.6) is 0 Å². The minimum absolute atomic E-state index is 0.0150. The highest BCUT2D eigenvalue weighted by atomic mass is 31.2. The Balaban J connectivity index is 4.45. The monoisotopic (exact) mass is 932 g/mol. The molecule has 0 amide bonds. The fourth-order valence-corrected chi connectivity index (χ4v) is 7.25. The number of rotatable bonds is 45. The Labute approximate surface area is 397 Å². The Bertz CT molecular complexity index is 1390. The Kier molecular flexibility index (Phi) is 43.0. The number of unbranched alkanes of at least 4 members (excludes halogenated alkanes) is 17. The van der Waals surface area contributed by atoms with E-state index < -0.39 is 38.6 Å². The van der Waals surface area contributed by atoms with Crippen LogP contribution in [0, 0.1) is 0 Å². The van der Waals surface area contributed by atoms with E-state index in [-0.39, 0.29) is 26.1 Å². The minimum atomic E-state index is -4.68. The van der Waals surface area contributed by atoms with Crippen LogP contribution in [0.15, 0.2) is 85.1 Å². The normalized spacial score (nSPS) is 14.6. The fourth-order valence-electron chi connectivity index (χ4n) is 6.52. The summed E-state index contributed by atoms with van der Waals surface area (Å²) in [5.74, 6) is -1.02. The van der Waals surface area contributed by atoms with Crippen molar-refractivity contribution in [1.82, 2.24) is 0 Å². The van der Waals surface area contributed by atoms with Crippen molar-refractivity contribution in [3.8, 4) is 0 Å². The maximum absolute atomic E-state index is 12.7. The van der Waals surface area contributed by atoms with Crippen LogP contribution in [-0.2, 0) is 32.7 Å². The largest absolute Gasteiger partial charge is 0.756 e. The third kappa shape index (κ3) is 48.9. The van der Waals surface area contributed by atoms with Crippen LogP contribution in [0.2, 0.25) is 0 Å². The Hall–Kier alpha value is -2.85. The molecule has 0 radical (unpaired) electrons. The molecular weight excluding hydrogens is 838 g/mol. The van der Waals surface area contributed by atoms with Gasteiger partial charge in [0, 0.05) is 12.8 Å². The van der Waals surface area contributed by atoms with Crippen LogP contribution >= 0.6 is 7.82 Å². The summed E-state index contributed by atoms with van der Waals surface area (Å²) >= 11 is 0. The third-order valence-electron chi connectivity index (χ3n) is 10.5. The van der Waals surface area contributed by atoms with Gasteiger partial charge in [-0.1, -0.05) is 189 Å². The minimum Gasteiger partial charge on any atom is -0.756 e. The molecule has 0 saturated heterocycles. The van der Waals surface area contributed by atoms with E-state index in [4.69, 9.17) is 18.5 Å². The summed E-state index contributed by atoms with van der Waals surface area (Å²) in [6.45, 7) is 3.90. The molecule has 0 aliphatic heterocycles. The standard InChI is InChI=1S/C54H94NO9P/c1-6-8-10-12-14-16-18-20-21-22-23-24-25-26-27-29-31-33-35-37-41-45-53(57)61-49-52(50-63-65(59,60)62-48-47-55(3,4)5)64-54(58)46-42-38-40-44-51(56)43-39-36-34-32-30-28-19-17-15-13-11-9-7-2/h9,11,15,17,20-21,28,30,34,36,38-40,43,51-52,56H,6-8,10,12-14,16,18-19,22-27,29,31-33,35,37,41-42,44-50H2,1-5H3/b11-9-,17-15-,21-20-,30-28-,36-34-,40-38-,43-39-/t51?,52-/m1/s1. The van der Waals surface area contributed by atoms with Crippen molar-refractivity contribution >= 4 is 19.8 Å². The molecule has 0 aromatic heterocycles. The molecule has 0 saturated carbocycles. The number of phosphoric acid groups is 1. The van der Waals surface area contributed by atoms with E-state index in [9.17, 15) is 24.2 Å². The molecule has 0 heterocycles. The number of carbonyl (C=O) groups excluding carboxylic acids is 2. The molecule has 3 atom stereocenters. The third-order valence-corrected chi connectivity index (χ3v) is 11.5. The van der Waals surface area contributed by atoms with Crippen molar-refractivity contribution in [2.24, 2.45) is 0 Å². The number of ether oxygens (including phenoxy) is 2. The molecule has 0 bridgehead atoms. The number of phosphoric ester groups is 1. The van der Waals surface area contributed by atoms with Crippen molar-refractivity contribution < 1.29 is 47.2 Å². The summed E-state index contributed by atoms with van der Waals surface area (Å²) in [6.07, 6.45) is 55.1. The second-order valence-corrected chi connectivity index (χ2v) is 19.4. The molecular formula is C54H94NO9P. The van der Waals surface area contributed by atoms with Gasteiger partial charge in [0.15, 0.2) is 6.10 Å². The van der Waals surface area contributed by atoms with Gasteiger partial charge in [-0.3, -0.25) is 14.2 Å². The van der Waals surface area contributed by atoms with E-state index in [1.807, 2.05) is 39.4 Å². The van der Waals surface area contributed by atoms with E-state index in [2.05, 4.69) is 62.5 Å². The first-order valence-electron chi connectivity index (χ1n) is 25.4. The predicted octanol–water partition coefficient (Wildman–Crippen LogP) is 13.5. The zero-order valence-corrected chi connectivity index (χ0v) is 42.7. The average molecular weight is 932 g/mol. The lowest BCUT2D eigenvalue weighted by molar-refractivity contribution is -0.870. The molecule has 374 valence electrons. The molecule has 0 spiro atoms. The summed E-state index contributed by atoms with van der Waals surface area (Å²) in [5, 5.41) is 10.3. The number of aliphatic hydroxyl groups excluding tert-OH is 1. The van der Waals surface area contributed by atoms with E-state index in [1.54, 1.807) is 18.2 Å². The molecule has 0 aromatic carbocycles. The first-order valence-corrected chi connectivity index (χ1v) is 26.9. The summed E-state index contributed by atoms with van der Waals surface area (Å²) < 4.78 is 33.8. The quantitative estimate of drug-likeness (QED) is 0.0158. The van der Waals surface area contributed by atoms with E-state index in [0.29, 0.717) is 30.3 Å². The first kappa shape index (κ1) is 62.1. The summed E-state index contributed by atoms with van der Waals surface area (Å²) in [4.78, 5) is 37.7. The number of hydrogen-bond acceptors (Lipinski definition) is 9. The smallest absolute Gasteiger partial charge is 0.306 e. The SMILES string of the molecule is CC/C=C\C/C=C\C/C=C\C/C=C\C=C/C(O)C/C=C\CCC(=O)O[C@H](COC(=O)CCCCCCCCCCCCC/C=C\CCCCCCCC)COP(=O)([O-])OCC[N+](C)(C)C. The number of quaternary nitrogens is 1. The topological polar surface area (TPSA) is 131 Å². The van der Waals surface area contributed by atoms with Crippen LogP contribution in [0.4, 0.5) is 0 Å². The van der Waals surface area contributed by atoms with Crippen LogP contribution in [-0.4, -0.2) is 81.2 Å². The van der Waals surface area contributed by atoms with Crippen LogP contribution in [0.25, 0.3) is 0 Å². The van der Waals surface area contributed by atoms with Gasteiger partial charge in [0.2, 0.25) is 0 Å². The number of nitrogens with zero attached hydrogens (tertiary/aromatic N) is 1. The molecule has 11 heteroatoms. The maximum atomic E-state index is 12.7. The van der Waals surface area contributed by atoms with E-state index >= 15 is 0 Å². The molecule has 0 rings (SSSR count). The number of hydrogen-bond donors (Lipinski definition) is 1. The molecule has 0 aliphatic rings. The fraction of sp³-hybridized carbons (Fsp3) is 0.704. The molecule has 65 heavy (non-hydrogen) atoms. The predicted molar refractivity (Wildman–Crippen MR) is 269 cm³/mol. The summed E-state index contributed by atoms with van der Waals surface area (Å²) in [6, 6.07) is 0. The second-order valence-electron chi connectivity index (χ2n) is 18.0. The van der Waals surface area contributed by atoms with Gasteiger partial charge in [-0.15, -0.1) is 0 Å². The molecule has 0 aliphatic carbocycles. The van der Waals surface area contributed by atoms with Gasteiger partial charge in [-0.25, -0.2) is 0 Å². The van der Waals surface area contributed by atoms with Crippen molar-refractivity contribution in [3.05, 3.63) is 85.1 Å². The molecule has 1 N–H and O–H groups in total. The summed E-state index contributed by atoms with van der Waals surface area (Å²) in [5.41, 5.74) is 0.